The third-order valence-electron chi connectivity index (χ3n) is 6.12. The summed E-state index contributed by atoms with van der Waals surface area (Å²) in [5, 5.41) is 2.84. The molecule has 4 aromatic carbocycles. The highest BCUT2D eigenvalue weighted by atomic mass is 32.1. The standard InChI is InChI=1S/C14H10F2O2S.C14H10F2OS/c1-17-9-5-3-7-8-4-6-10(18-2)12(16)14(8)19-13(7)11(9)15;1-7-3-4-8-9-5-6-10(17-2)12(16)14(9)18-13(8)11(7)15/h3-6H,1-2H3;3-6H,1-2H3. The van der Waals surface area contributed by atoms with Crippen LogP contribution < -0.4 is 14.2 Å². The lowest BCUT2D eigenvalue weighted by Gasteiger charge is -2.02. The van der Waals surface area contributed by atoms with Gasteiger partial charge in [-0.15, -0.1) is 22.7 Å². The molecule has 0 unspecified atom stereocenters. The summed E-state index contributed by atoms with van der Waals surface area (Å²) in [5.41, 5.74) is 0.571. The Morgan fingerprint density at radius 2 is 0.757 bits per heavy atom. The van der Waals surface area contributed by atoms with Gasteiger partial charge >= 0.3 is 0 Å². The van der Waals surface area contributed by atoms with Crippen molar-refractivity contribution in [3.8, 4) is 17.2 Å². The van der Waals surface area contributed by atoms with Gasteiger partial charge in [0.15, 0.2) is 34.7 Å². The highest BCUT2D eigenvalue weighted by molar-refractivity contribution is 7.26. The number of rotatable bonds is 3. The summed E-state index contributed by atoms with van der Waals surface area (Å²) in [6.45, 7) is 1.70. The number of ether oxygens (including phenoxy) is 3. The number of methoxy groups -OCH3 is 3. The molecular weight excluding hydrogens is 524 g/mol. The van der Waals surface area contributed by atoms with Crippen molar-refractivity contribution < 1.29 is 31.8 Å². The summed E-state index contributed by atoms with van der Waals surface area (Å²) < 4.78 is 72.9. The van der Waals surface area contributed by atoms with Crippen molar-refractivity contribution in [3.05, 3.63) is 77.4 Å². The molecule has 0 aliphatic rings. The molecule has 0 bridgehead atoms. The molecule has 0 radical (unpaired) electrons. The van der Waals surface area contributed by atoms with Gasteiger partial charge in [0.25, 0.3) is 0 Å². The number of hydrogen-bond donors (Lipinski definition) is 0. The van der Waals surface area contributed by atoms with Crippen LogP contribution in [0.3, 0.4) is 0 Å². The fourth-order valence-electron chi connectivity index (χ4n) is 4.19. The van der Waals surface area contributed by atoms with E-state index in [1.54, 1.807) is 49.4 Å². The lowest BCUT2D eigenvalue weighted by molar-refractivity contribution is 0.389. The first-order valence-corrected chi connectivity index (χ1v) is 12.7. The maximum Gasteiger partial charge on any atom is 0.182 e. The number of fused-ring (bicyclic) bond motifs is 6. The molecule has 0 saturated heterocycles. The van der Waals surface area contributed by atoms with E-state index in [1.807, 2.05) is 6.07 Å². The number of benzene rings is 4. The van der Waals surface area contributed by atoms with Gasteiger partial charge in [-0.25, -0.2) is 17.6 Å². The zero-order valence-corrected chi connectivity index (χ0v) is 21.8. The topological polar surface area (TPSA) is 27.7 Å². The molecule has 0 aliphatic carbocycles. The molecule has 0 N–H and O–H groups in total. The van der Waals surface area contributed by atoms with Gasteiger partial charge in [-0.05, 0) is 48.9 Å². The smallest absolute Gasteiger partial charge is 0.182 e. The molecule has 190 valence electrons. The minimum absolute atomic E-state index is 0.159. The Hall–Kier alpha value is -3.56. The third kappa shape index (κ3) is 4.02. The third-order valence-corrected chi connectivity index (χ3v) is 8.54. The fraction of sp³-hybridized carbons (Fsp3) is 0.143. The second-order valence-electron chi connectivity index (χ2n) is 8.15. The first-order chi connectivity index (χ1) is 17.8. The number of thiophene rings is 2. The van der Waals surface area contributed by atoms with E-state index in [0.717, 1.165) is 33.4 Å². The molecule has 6 rings (SSSR count). The molecule has 2 aromatic heterocycles. The summed E-state index contributed by atoms with van der Waals surface area (Å²) in [4.78, 5) is 0. The molecule has 0 saturated carbocycles. The normalized spacial score (nSPS) is 11.2. The van der Waals surface area contributed by atoms with E-state index in [9.17, 15) is 17.6 Å². The Bertz CT molecular complexity index is 1740. The van der Waals surface area contributed by atoms with Crippen molar-refractivity contribution in [1.82, 2.24) is 0 Å². The summed E-state index contributed by atoms with van der Waals surface area (Å²) >= 11 is 2.19. The number of halogens is 4. The fourth-order valence-corrected chi connectivity index (χ4v) is 6.57. The predicted octanol–water partition coefficient (Wildman–Crippen LogP) is 9.00. The van der Waals surface area contributed by atoms with E-state index >= 15 is 0 Å². The first kappa shape index (κ1) is 25.1. The Balaban J connectivity index is 0.000000152. The van der Waals surface area contributed by atoms with Gasteiger partial charge in [0.1, 0.15) is 5.82 Å². The van der Waals surface area contributed by atoms with E-state index in [-0.39, 0.29) is 23.1 Å². The molecule has 0 spiro atoms. The molecule has 37 heavy (non-hydrogen) atoms. The zero-order chi connectivity index (χ0) is 26.4. The van der Waals surface area contributed by atoms with Crippen LogP contribution in [-0.2, 0) is 0 Å². The molecule has 0 atom stereocenters. The van der Waals surface area contributed by atoms with Gasteiger partial charge in [-0.1, -0.05) is 12.1 Å². The highest BCUT2D eigenvalue weighted by Gasteiger charge is 2.18. The summed E-state index contributed by atoms with van der Waals surface area (Å²) in [5.74, 6) is -1.11. The first-order valence-electron chi connectivity index (χ1n) is 11.1. The van der Waals surface area contributed by atoms with Gasteiger partial charge in [0, 0.05) is 21.5 Å². The van der Waals surface area contributed by atoms with Gasteiger partial charge in [0.2, 0.25) is 0 Å². The van der Waals surface area contributed by atoms with Crippen LogP contribution in [-0.4, -0.2) is 21.3 Å². The van der Waals surface area contributed by atoms with Crippen molar-refractivity contribution in [2.75, 3.05) is 21.3 Å². The molecule has 9 heteroatoms. The van der Waals surface area contributed by atoms with E-state index in [1.165, 1.54) is 21.3 Å². The van der Waals surface area contributed by atoms with Crippen LogP contribution in [0.15, 0.2) is 48.5 Å². The number of aryl methyl sites for hydroxylation is 1. The van der Waals surface area contributed by atoms with Crippen molar-refractivity contribution in [2.45, 2.75) is 6.92 Å². The highest BCUT2D eigenvalue weighted by Crippen LogP contribution is 2.42. The van der Waals surface area contributed by atoms with Gasteiger partial charge in [0.05, 0.1) is 40.1 Å². The van der Waals surface area contributed by atoms with Crippen LogP contribution in [0.1, 0.15) is 5.56 Å². The monoisotopic (exact) mass is 544 g/mol. The van der Waals surface area contributed by atoms with E-state index < -0.39 is 17.5 Å². The lowest BCUT2D eigenvalue weighted by atomic mass is 10.1. The van der Waals surface area contributed by atoms with Crippen molar-refractivity contribution >= 4 is 63.0 Å². The minimum atomic E-state index is -0.459. The zero-order valence-electron chi connectivity index (χ0n) is 20.2. The van der Waals surface area contributed by atoms with Gasteiger partial charge in [-0.3, -0.25) is 0 Å². The Morgan fingerprint density at radius 1 is 0.459 bits per heavy atom. The molecule has 6 aromatic rings. The van der Waals surface area contributed by atoms with Gasteiger partial charge in [-0.2, -0.15) is 0 Å². The van der Waals surface area contributed by atoms with Crippen LogP contribution in [0.25, 0.3) is 40.3 Å². The average molecular weight is 545 g/mol. The molecule has 0 aliphatic heterocycles. The second kappa shape index (κ2) is 9.72. The van der Waals surface area contributed by atoms with Crippen molar-refractivity contribution in [3.63, 3.8) is 0 Å². The predicted molar refractivity (Wildman–Crippen MR) is 143 cm³/mol. The Labute approximate surface area is 217 Å². The molecule has 3 nitrogen and oxygen atoms in total. The van der Waals surface area contributed by atoms with Crippen LogP contribution in [0.5, 0.6) is 17.2 Å². The number of hydrogen-bond acceptors (Lipinski definition) is 5. The maximum absolute atomic E-state index is 14.2. The average Bonchev–Trinajstić information content (AvgIpc) is 3.48. The summed E-state index contributed by atoms with van der Waals surface area (Å²) in [7, 11) is 4.23. The minimum Gasteiger partial charge on any atom is -0.494 e. The Morgan fingerprint density at radius 3 is 1.08 bits per heavy atom. The lowest BCUT2D eigenvalue weighted by Crippen LogP contribution is -1.87. The second-order valence-corrected chi connectivity index (χ2v) is 10.2. The molecule has 0 fully saturated rings. The van der Waals surface area contributed by atoms with Crippen LogP contribution >= 0.6 is 22.7 Å². The van der Waals surface area contributed by atoms with Gasteiger partial charge < -0.3 is 14.2 Å². The summed E-state index contributed by atoms with van der Waals surface area (Å²) in [6, 6.07) is 13.5. The quantitative estimate of drug-likeness (QED) is 0.208. The van der Waals surface area contributed by atoms with Crippen LogP contribution in [0.2, 0.25) is 0 Å². The van der Waals surface area contributed by atoms with Crippen molar-refractivity contribution in [2.24, 2.45) is 0 Å². The van der Waals surface area contributed by atoms with Crippen LogP contribution in [0.4, 0.5) is 17.6 Å². The molecule has 2 heterocycles. The molecular formula is C28H20F4O3S2. The van der Waals surface area contributed by atoms with E-state index in [2.05, 4.69) is 0 Å². The maximum atomic E-state index is 14.2. The summed E-state index contributed by atoms with van der Waals surface area (Å²) in [6.07, 6.45) is 0. The van der Waals surface area contributed by atoms with E-state index in [4.69, 9.17) is 14.2 Å². The van der Waals surface area contributed by atoms with Crippen molar-refractivity contribution in [1.29, 1.82) is 0 Å². The molecule has 0 amide bonds. The van der Waals surface area contributed by atoms with Crippen LogP contribution in [0, 0.1) is 30.2 Å². The Kier molecular flexibility index (Phi) is 6.59. The SMILES string of the molecule is COc1ccc2c(sc3c(F)c(C)ccc32)c1F.COc1ccc2c(sc3c(F)c(OC)ccc32)c1F. The largest absolute Gasteiger partial charge is 0.494 e. The van der Waals surface area contributed by atoms with E-state index in [0.29, 0.717) is 35.1 Å².